The number of nitrogens with zero attached hydrogens (tertiary/aromatic N) is 1. The first kappa shape index (κ1) is 14.5. The van der Waals surface area contributed by atoms with Crippen LogP contribution in [0.1, 0.15) is 32.1 Å². The third-order valence-corrected chi connectivity index (χ3v) is 4.88. The minimum atomic E-state index is -4.09. The minimum absolute atomic E-state index is 0.0711. The Labute approximate surface area is 111 Å². The zero-order chi connectivity index (χ0) is 13.2. The molecule has 2 nitrogen and oxygen atoms in total. The largest absolute Gasteiger partial charge is 0.441 e. The average Bonchev–Trinajstić information content (AvgIpc) is 2.24. The highest BCUT2D eigenvalue weighted by atomic mass is 32.2. The summed E-state index contributed by atoms with van der Waals surface area (Å²) in [6.07, 6.45) is 5.95. The van der Waals surface area contributed by atoms with Crippen LogP contribution in [-0.4, -0.2) is 47.9 Å². The molecular formula is C12H21F3N2S. The topological polar surface area (TPSA) is 15.3 Å². The van der Waals surface area contributed by atoms with Crippen LogP contribution in [0.15, 0.2) is 0 Å². The third-order valence-electron chi connectivity index (χ3n) is 4.14. The van der Waals surface area contributed by atoms with Crippen molar-refractivity contribution in [1.82, 2.24) is 10.2 Å². The summed E-state index contributed by atoms with van der Waals surface area (Å²) in [6, 6.07) is 1.67. The lowest BCUT2D eigenvalue weighted by atomic mass is 9.82. The quantitative estimate of drug-likeness (QED) is 0.798. The van der Waals surface area contributed by atoms with E-state index in [0.29, 0.717) is 24.7 Å². The fourth-order valence-corrected chi connectivity index (χ4v) is 3.66. The molecule has 2 fully saturated rings. The van der Waals surface area contributed by atoms with Gasteiger partial charge in [-0.1, -0.05) is 6.42 Å². The van der Waals surface area contributed by atoms with Crippen LogP contribution in [0, 0.1) is 0 Å². The monoisotopic (exact) mass is 282 g/mol. The number of nitrogens with one attached hydrogen (secondary N) is 1. The van der Waals surface area contributed by atoms with E-state index in [2.05, 4.69) is 17.3 Å². The van der Waals surface area contributed by atoms with Gasteiger partial charge in [0.2, 0.25) is 0 Å². The normalized spacial score (nSPS) is 33.7. The molecule has 2 saturated heterocycles. The fraction of sp³-hybridized carbons (Fsp3) is 1.00. The van der Waals surface area contributed by atoms with E-state index >= 15 is 0 Å². The maximum absolute atomic E-state index is 12.0. The van der Waals surface area contributed by atoms with Gasteiger partial charge in [-0.05, 0) is 44.5 Å². The third kappa shape index (κ3) is 4.03. The summed E-state index contributed by atoms with van der Waals surface area (Å²) in [5.74, 6) is 0.116. The van der Waals surface area contributed by atoms with Crippen LogP contribution in [0.5, 0.6) is 0 Å². The molecule has 0 aromatic rings. The maximum atomic E-state index is 12.0. The molecule has 2 aliphatic heterocycles. The lowest BCUT2D eigenvalue weighted by Gasteiger charge is -2.47. The van der Waals surface area contributed by atoms with Gasteiger partial charge in [0.15, 0.2) is 0 Å². The van der Waals surface area contributed by atoms with Crippen molar-refractivity contribution in [3.63, 3.8) is 0 Å². The predicted octanol–water partition coefficient (Wildman–Crippen LogP) is 2.84. The van der Waals surface area contributed by atoms with Crippen molar-refractivity contribution in [3.8, 4) is 0 Å². The number of hydrogen-bond donors (Lipinski definition) is 1. The Morgan fingerprint density at radius 3 is 2.39 bits per heavy atom. The van der Waals surface area contributed by atoms with Gasteiger partial charge in [0.1, 0.15) is 0 Å². The van der Waals surface area contributed by atoms with E-state index in [-0.39, 0.29) is 17.5 Å². The smallest absolute Gasteiger partial charge is 0.313 e. The Morgan fingerprint density at radius 2 is 1.83 bits per heavy atom. The fourth-order valence-electron chi connectivity index (χ4n) is 3.21. The summed E-state index contributed by atoms with van der Waals surface area (Å²) in [5, 5.41) is 3.30. The first-order valence-electron chi connectivity index (χ1n) is 6.62. The molecule has 0 saturated carbocycles. The van der Waals surface area contributed by atoms with Gasteiger partial charge in [0, 0.05) is 30.4 Å². The second-order valence-electron chi connectivity index (χ2n) is 5.32. The molecule has 6 heteroatoms. The van der Waals surface area contributed by atoms with Gasteiger partial charge in [-0.3, -0.25) is 0 Å². The van der Waals surface area contributed by atoms with Crippen molar-refractivity contribution in [1.29, 1.82) is 0 Å². The van der Waals surface area contributed by atoms with Crippen LogP contribution in [-0.2, 0) is 0 Å². The van der Waals surface area contributed by atoms with Crippen molar-refractivity contribution < 1.29 is 13.2 Å². The van der Waals surface area contributed by atoms with Crippen LogP contribution in [0.2, 0.25) is 0 Å². The number of fused-ring (bicyclic) bond motifs is 2. The van der Waals surface area contributed by atoms with Gasteiger partial charge in [-0.15, -0.1) is 0 Å². The second kappa shape index (κ2) is 6.01. The average molecular weight is 282 g/mol. The molecule has 2 aliphatic rings. The van der Waals surface area contributed by atoms with Crippen molar-refractivity contribution in [2.24, 2.45) is 0 Å². The molecule has 106 valence electrons. The first-order valence-corrected chi connectivity index (χ1v) is 7.60. The molecule has 2 unspecified atom stereocenters. The summed E-state index contributed by atoms with van der Waals surface area (Å²) in [6.45, 7) is 0.456. The van der Waals surface area contributed by atoms with Crippen LogP contribution in [0.3, 0.4) is 0 Å². The Balaban J connectivity index is 1.68. The van der Waals surface area contributed by atoms with Crippen molar-refractivity contribution >= 4 is 11.8 Å². The second-order valence-corrected chi connectivity index (χ2v) is 6.48. The van der Waals surface area contributed by atoms with Crippen LogP contribution >= 0.6 is 11.8 Å². The van der Waals surface area contributed by atoms with Crippen LogP contribution in [0.4, 0.5) is 13.2 Å². The number of halogens is 3. The lowest BCUT2D eigenvalue weighted by molar-refractivity contribution is -0.0328. The Morgan fingerprint density at radius 1 is 1.22 bits per heavy atom. The summed E-state index contributed by atoms with van der Waals surface area (Å²) in [7, 11) is 2.18. The van der Waals surface area contributed by atoms with E-state index in [0.717, 1.165) is 12.8 Å². The van der Waals surface area contributed by atoms with Gasteiger partial charge in [-0.2, -0.15) is 13.2 Å². The maximum Gasteiger partial charge on any atom is 0.441 e. The van der Waals surface area contributed by atoms with Crippen LogP contribution in [0.25, 0.3) is 0 Å². The molecule has 0 radical (unpaired) electrons. The Kier molecular flexibility index (Phi) is 4.83. The van der Waals surface area contributed by atoms with Gasteiger partial charge in [-0.25, -0.2) is 0 Å². The molecule has 18 heavy (non-hydrogen) atoms. The molecule has 0 spiro atoms. The van der Waals surface area contributed by atoms with E-state index in [1.54, 1.807) is 0 Å². The standard InChI is InChI=1S/C12H21F3N2S/c1-17-10-3-2-4-11(17)8-9(7-10)16-5-6-18-12(13,14)15/h9-11,16H,2-8H2,1H3. The van der Waals surface area contributed by atoms with E-state index in [1.807, 2.05) is 0 Å². The molecule has 0 aromatic heterocycles. The first-order chi connectivity index (χ1) is 8.46. The van der Waals surface area contributed by atoms with Crippen molar-refractivity contribution in [3.05, 3.63) is 0 Å². The Bertz CT molecular complexity index is 259. The van der Waals surface area contributed by atoms with Crippen LogP contribution < -0.4 is 5.32 Å². The van der Waals surface area contributed by atoms with Crippen molar-refractivity contribution in [2.75, 3.05) is 19.3 Å². The number of hydrogen-bond acceptors (Lipinski definition) is 3. The molecule has 0 aromatic carbocycles. The van der Waals surface area contributed by atoms with Crippen molar-refractivity contribution in [2.45, 2.75) is 55.7 Å². The summed E-state index contributed by atoms with van der Waals surface area (Å²) < 4.78 is 36.0. The number of rotatable bonds is 4. The summed E-state index contributed by atoms with van der Waals surface area (Å²) in [4.78, 5) is 2.46. The lowest BCUT2D eigenvalue weighted by Crippen LogP contribution is -2.54. The zero-order valence-electron chi connectivity index (χ0n) is 10.7. The number of thioether (sulfide) groups is 1. The molecule has 1 N–H and O–H groups in total. The van der Waals surface area contributed by atoms with Gasteiger partial charge < -0.3 is 10.2 Å². The highest BCUT2D eigenvalue weighted by Gasteiger charge is 2.35. The minimum Gasteiger partial charge on any atom is -0.313 e. The molecule has 0 aliphatic carbocycles. The molecule has 2 atom stereocenters. The zero-order valence-corrected chi connectivity index (χ0v) is 11.5. The SMILES string of the molecule is CN1C2CCCC1CC(NCCSC(F)(F)F)C2. The highest BCUT2D eigenvalue weighted by Crippen LogP contribution is 2.33. The van der Waals surface area contributed by atoms with Gasteiger partial charge in [0.25, 0.3) is 0 Å². The van der Waals surface area contributed by atoms with Gasteiger partial charge in [0.05, 0.1) is 0 Å². The molecule has 2 heterocycles. The summed E-state index contributed by atoms with van der Waals surface area (Å²) in [5.41, 5.74) is -4.09. The van der Waals surface area contributed by atoms with Gasteiger partial charge >= 0.3 is 5.51 Å². The highest BCUT2D eigenvalue weighted by molar-refractivity contribution is 8.00. The number of piperidine rings is 2. The molecule has 2 bridgehead atoms. The Hall–Kier alpha value is 0.0600. The van der Waals surface area contributed by atoms with E-state index in [9.17, 15) is 13.2 Å². The predicted molar refractivity (Wildman–Crippen MR) is 68.7 cm³/mol. The molecule has 2 rings (SSSR count). The number of alkyl halides is 3. The summed E-state index contributed by atoms with van der Waals surface area (Å²) >= 11 is 0.0711. The van der Waals surface area contributed by atoms with E-state index < -0.39 is 5.51 Å². The molecule has 0 amide bonds. The van der Waals surface area contributed by atoms with E-state index in [1.165, 1.54) is 19.3 Å². The molecular weight excluding hydrogens is 261 g/mol. The van der Waals surface area contributed by atoms with E-state index in [4.69, 9.17) is 0 Å².